The Morgan fingerprint density at radius 3 is 2.43 bits per heavy atom. The second-order valence-corrected chi connectivity index (χ2v) is 3.90. The van der Waals surface area contributed by atoms with Gasteiger partial charge in [-0.15, -0.1) is 0 Å². The Balaban J connectivity index is 0.000000461. The van der Waals surface area contributed by atoms with Gasteiger partial charge in [0, 0.05) is 12.6 Å². The van der Waals surface area contributed by atoms with Gasteiger partial charge in [-0.3, -0.25) is 4.90 Å². The summed E-state index contributed by atoms with van der Waals surface area (Å²) >= 11 is 0. The van der Waals surface area contributed by atoms with Crippen molar-refractivity contribution in [1.82, 2.24) is 10.2 Å². The summed E-state index contributed by atoms with van der Waals surface area (Å²) in [4.78, 5) is 2.27. The van der Waals surface area contributed by atoms with Crippen LogP contribution in [-0.2, 0) is 0 Å². The Bertz CT molecular complexity index is 209. The first kappa shape index (κ1) is 11.5. The lowest BCUT2D eigenvalue weighted by molar-refractivity contribution is 0.204. The highest BCUT2D eigenvalue weighted by molar-refractivity contribution is 5.19. The maximum Gasteiger partial charge on any atom is 0.109 e. The Hall–Kier alpha value is -0.590. The molecule has 2 aliphatic rings. The second kappa shape index (κ2) is 4.77. The third-order valence-corrected chi connectivity index (χ3v) is 3.19. The highest BCUT2D eigenvalue weighted by atomic mass is 15.3. The van der Waals surface area contributed by atoms with Crippen LogP contribution in [0.1, 0.15) is 33.1 Å². The molecule has 0 radical (unpaired) electrons. The van der Waals surface area contributed by atoms with Crippen LogP contribution in [-0.4, -0.2) is 36.6 Å². The molecule has 2 fully saturated rings. The zero-order valence-electron chi connectivity index (χ0n) is 9.51. The minimum absolute atomic E-state index is 0.0866. The van der Waals surface area contributed by atoms with Crippen molar-refractivity contribution in [2.45, 2.75) is 44.7 Å². The highest BCUT2D eigenvalue weighted by Crippen LogP contribution is 2.41. The fourth-order valence-electron chi connectivity index (χ4n) is 1.98. The normalized spacial score (nSPS) is 27.8. The SMILES string of the molecule is CC.CN(C1CCNC1)C1(C#N)CC1. The maximum atomic E-state index is 8.98. The monoisotopic (exact) mass is 195 g/mol. The summed E-state index contributed by atoms with van der Waals surface area (Å²) in [6, 6.07) is 3.02. The van der Waals surface area contributed by atoms with E-state index in [0.717, 1.165) is 25.9 Å². The van der Waals surface area contributed by atoms with Crippen LogP contribution in [0.15, 0.2) is 0 Å². The second-order valence-electron chi connectivity index (χ2n) is 3.90. The standard InChI is InChI=1S/C9H15N3.C2H6/c1-12(8-2-5-11-6-8)9(7-10)3-4-9;1-2/h8,11H,2-6H2,1H3;1-2H3. The summed E-state index contributed by atoms with van der Waals surface area (Å²) < 4.78 is 0. The summed E-state index contributed by atoms with van der Waals surface area (Å²) in [6.07, 6.45) is 3.33. The van der Waals surface area contributed by atoms with Gasteiger partial charge in [0.1, 0.15) is 5.54 Å². The lowest BCUT2D eigenvalue weighted by Gasteiger charge is -2.27. The fraction of sp³-hybridized carbons (Fsp3) is 0.909. The molecule has 1 heterocycles. The van der Waals surface area contributed by atoms with Gasteiger partial charge in [0.25, 0.3) is 0 Å². The van der Waals surface area contributed by atoms with Crippen molar-refractivity contribution in [2.24, 2.45) is 0 Å². The van der Waals surface area contributed by atoms with Crippen LogP contribution in [0.25, 0.3) is 0 Å². The van der Waals surface area contributed by atoms with Crippen molar-refractivity contribution in [3.05, 3.63) is 0 Å². The average molecular weight is 195 g/mol. The Labute approximate surface area is 87.1 Å². The quantitative estimate of drug-likeness (QED) is 0.723. The third kappa shape index (κ3) is 2.08. The van der Waals surface area contributed by atoms with Crippen LogP contribution in [0.4, 0.5) is 0 Å². The molecule has 1 aliphatic carbocycles. The molecule has 0 aromatic heterocycles. The molecule has 0 bridgehead atoms. The fourth-order valence-corrected chi connectivity index (χ4v) is 1.98. The van der Waals surface area contributed by atoms with Crippen LogP contribution in [0.5, 0.6) is 0 Å². The van der Waals surface area contributed by atoms with E-state index >= 15 is 0 Å². The van der Waals surface area contributed by atoms with Crippen LogP contribution < -0.4 is 5.32 Å². The number of nitrogens with one attached hydrogen (secondary N) is 1. The molecule has 1 saturated carbocycles. The van der Waals surface area contributed by atoms with Crippen LogP contribution in [0.3, 0.4) is 0 Å². The number of rotatable bonds is 2. The van der Waals surface area contributed by atoms with Crippen molar-refractivity contribution in [3.8, 4) is 6.07 Å². The maximum absolute atomic E-state index is 8.98. The molecule has 80 valence electrons. The average Bonchev–Trinajstić information content (AvgIpc) is 2.87. The molecule has 0 aromatic carbocycles. The Morgan fingerprint density at radius 2 is 2.07 bits per heavy atom. The first-order valence-electron chi connectivity index (χ1n) is 5.63. The van der Waals surface area contributed by atoms with E-state index in [1.54, 1.807) is 0 Å². The van der Waals surface area contributed by atoms with Gasteiger partial charge >= 0.3 is 0 Å². The van der Waals surface area contributed by atoms with Crippen LogP contribution >= 0.6 is 0 Å². The first-order valence-corrected chi connectivity index (χ1v) is 5.63. The molecule has 3 heteroatoms. The van der Waals surface area contributed by atoms with Crippen LogP contribution in [0.2, 0.25) is 0 Å². The number of hydrogen-bond acceptors (Lipinski definition) is 3. The molecule has 3 nitrogen and oxygen atoms in total. The molecular formula is C11H21N3. The van der Waals surface area contributed by atoms with Gasteiger partial charge in [-0.25, -0.2) is 0 Å². The summed E-state index contributed by atoms with van der Waals surface area (Å²) in [6.45, 7) is 6.16. The number of nitriles is 1. The van der Waals surface area contributed by atoms with E-state index in [9.17, 15) is 0 Å². The largest absolute Gasteiger partial charge is 0.315 e. The zero-order chi connectivity index (χ0) is 10.6. The summed E-state index contributed by atoms with van der Waals surface area (Å²) in [5, 5.41) is 12.3. The Morgan fingerprint density at radius 1 is 1.43 bits per heavy atom. The molecule has 1 atom stereocenters. The number of likely N-dealkylation sites (N-methyl/N-ethyl adjacent to an activating group) is 1. The van der Waals surface area contributed by atoms with E-state index in [0.29, 0.717) is 6.04 Å². The van der Waals surface area contributed by atoms with Gasteiger partial charge < -0.3 is 5.32 Å². The number of nitrogens with zero attached hydrogens (tertiary/aromatic N) is 2. The van der Waals surface area contributed by atoms with Crippen LogP contribution in [0, 0.1) is 11.3 Å². The van der Waals surface area contributed by atoms with Crippen molar-refractivity contribution in [3.63, 3.8) is 0 Å². The van der Waals surface area contributed by atoms with Gasteiger partial charge in [0.2, 0.25) is 0 Å². The van der Waals surface area contributed by atoms with Crippen molar-refractivity contribution < 1.29 is 0 Å². The summed E-state index contributed by atoms with van der Waals surface area (Å²) in [5.74, 6) is 0. The van der Waals surface area contributed by atoms with Crippen molar-refractivity contribution >= 4 is 0 Å². The van der Waals surface area contributed by atoms with Gasteiger partial charge in [-0.2, -0.15) is 5.26 Å². The molecule has 1 N–H and O–H groups in total. The predicted molar refractivity (Wildman–Crippen MR) is 58.0 cm³/mol. The van der Waals surface area contributed by atoms with E-state index in [1.807, 2.05) is 13.8 Å². The van der Waals surface area contributed by atoms with Crippen molar-refractivity contribution in [1.29, 1.82) is 5.26 Å². The molecule has 2 rings (SSSR count). The van der Waals surface area contributed by atoms with E-state index in [-0.39, 0.29) is 5.54 Å². The third-order valence-electron chi connectivity index (χ3n) is 3.19. The molecule has 1 unspecified atom stereocenters. The zero-order valence-corrected chi connectivity index (χ0v) is 9.51. The van der Waals surface area contributed by atoms with E-state index in [1.165, 1.54) is 6.42 Å². The smallest absolute Gasteiger partial charge is 0.109 e. The lowest BCUT2D eigenvalue weighted by Crippen LogP contribution is -2.42. The molecule has 0 spiro atoms. The highest BCUT2D eigenvalue weighted by Gasteiger charge is 2.49. The lowest BCUT2D eigenvalue weighted by atomic mass is 10.1. The summed E-state index contributed by atoms with van der Waals surface area (Å²) in [5.41, 5.74) is -0.0866. The molecule has 1 aliphatic heterocycles. The van der Waals surface area contributed by atoms with Gasteiger partial charge in [0.05, 0.1) is 6.07 Å². The summed E-state index contributed by atoms with van der Waals surface area (Å²) in [7, 11) is 2.09. The Kier molecular flexibility index (Phi) is 3.91. The van der Waals surface area contributed by atoms with E-state index < -0.39 is 0 Å². The van der Waals surface area contributed by atoms with Crippen molar-refractivity contribution in [2.75, 3.05) is 20.1 Å². The molecule has 0 amide bonds. The molecule has 1 saturated heterocycles. The van der Waals surface area contributed by atoms with E-state index in [4.69, 9.17) is 5.26 Å². The molecule has 14 heavy (non-hydrogen) atoms. The van der Waals surface area contributed by atoms with Gasteiger partial charge in [-0.1, -0.05) is 13.8 Å². The van der Waals surface area contributed by atoms with E-state index in [2.05, 4.69) is 23.3 Å². The molecular weight excluding hydrogens is 174 g/mol. The number of hydrogen-bond donors (Lipinski definition) is 1. The predicted octanol–water partition coefficient (Wildman–Crippen LogP) is 1.36. The molecule has 0 aromatic rings. The van der Waals surface area contributed by atoms with Gasteiger partial charge in [0.15, 0.2) is 0 Å². The minimum Gasteiger partial charge on any atom is -0.315 e. The van der Waals surface area contributed by atoms with Gasteiger partial charge in [-0.05, 0) is 32.9 Å². The topological polar surface area (TPSA) is 39.1 Å². The first-order chi connectivity index (χ1) is 6.78. The minimum atomic E-state index is -0.0866.